The van der Waals surface area contributed by atoms with E-state index in [-0.39, 0.29) is 25.2 Å². The summed E-state index contributed by atoms with van der Waals surface area (Å²) >= 11 is 0. The van der Waals surface area contributed by atoms with Crippen molar-refractivity contribution in [3.05, 3.63) is 60.8 Å². The van der Waals surface area contributed by atoms with Crippen LogP contribution in [0.15, 0.2) is 60.8 Å². The zero-order valence-corrected chi connectivity index (χ0v) is 39.7. The number of hydrogen-bond acceptors (Lipinski definition) is 5. The first-order valence-corrected chi connectivity index (χ1v) is 25.8. The molecule has 0 aromatic carbocycles. The van der Waals surface area contributed by atoms with Crippen LogP contribution in [-0.2, 0) is 19.1 Å². The normalized spacial score (nSPS) is 12.7. The fraction of sp³-hybridized carbons (Fsp3) is 0.782. The highest BCUT2D eigenvalue weighted by Gasteiger charge is 2.16. The maximum absolute atomic E-state index is 12.3. The Kier molecular flexibility index (Phi) is 48.9. The van der Waals surface area contributed by atoms with E-state index >= 15 is 0 Å². The van der Waals surface area contributed by atoms with Crippen molar-refractivity contribution in [2.24, 2.45) is 0 Å². The van der Waals surface area contributed by atoms with Crippen LogP contribution in [0.1, 0.15) is 258 Å². The number of aliphatic hydroxyl groups excluding tert-OH is 1. The second-order valence-corrected chi connectivity index (χ2v) is 17.2. The quantitative estimate of drug-likeness (QED) is 0.0375. The van der Waals surface area contributed by atoms with Crippen molar-refractivity contribution in [2.45, 2.75) is 264 Å². The van der Waals surface area contributed by atoms with E-state index in [1.54, 1.807) is 0 Å². The minimum Gasteiger partial charge on any atom is -0.462 e. The number of aliphatic hydroxyl groups is 1. The van der Waals surface area contributed by atoms with Gasteiger partial charge in [0.1, 0.15) is 6.61 Å². The lowest BCUT2D eigenvalue weighted by atomic mass is 10.0. The van der Waals surface area contributed by atoms with Crippen molar-refractivity contribution in [2.75, 3.05) is 13.2 Å². The van der Waals surface area contributed by atoms with E-state index in [9.17, 15) is 14.7 Å². The number of ether oxygens (including phenoxy) is 2. The summed E-state index contributed by atoms with van der Waals surface area (Å²) in [7, 11) is 0. The molecule has 1 N–H and O–H groups in total. The van der Waals surface area contributed by atoms with E-state index in [1.165, 1.54) is 161 Å². The van der Waals surface area contributed by atoms with Crippen LogP contribution in [0.2, 0.25) is 0 Å². The van der Waals surface area contributed by atoms with Crippen LogP contribution < -0.4 is 0 Å². The van der Waals surface area contributed by atoms with Crippen molar-refractivity contribution in [1.29, 1.82) is 0 Å². The SMILES string of the molecule is CCC/C=C\C/C=C\CCCCCCCC(=O)OCC(CO)OC(=O)CCCCCCCCCCCCCCCCCCCC/C=C\C/C=C\C/C=C\CCCCCCC. The van der Waals surface area contributed by atoms with Gasteiger partial charge in [0.15, 0.2) is 6.10 Å². The smallest absolute Gasteiger partial charge is 0.306 e. The van der Waals surface area contributed by atoms with Gasteiger partial charge in [0, 0.05) is 12.8 Å². The number of hydrogen-bond donors (Lipinski definition) is 1. The van der Waals surface area contributed by atoms with Crippen LogP contribution in [0.25, 0.3) is 0 Å². The highest BCUT2D eigenvalue weighted by Crippen LogP contribution is 2.16. The molecule has 1 atom stereocenters. The van der Waals surface area contributed by atoms with E-state index in [2.05, 4.69) is 74.6 Å². The van der Waals surface area contributed by atoms with E-state index in [0.29, 0.717) is 12.8 Å². The summed E-state index contributed by atoms with van der Waals surface area (Å²) in [4.78, 5) is 24.4. The van der Waals surface area contributed by atoms with Gasteiger partial charge in [-0.15, -0.1) is 0 Å². The Balaban J connectivity index is 3.44. The summed E-state index contributed by atoms with van der Waals surface area (Å²) in [6, 6.07) is 0. The molecule has 0 aromatic heterocycles. The van der Waals surface area contributed by atoms with E-state index in [4.69, 9.17) is 9.47 Å². The molecule has 0 amide bonds. The number of rotatable bonds is 47. The molecule has 0 aliphatic heterocycles. The van der Waals surface area contributed by atoms with Crippen molar-refractivity contribution < 1.29 is 24.2 Å². The minimum absolute atomic E-state index is 0.0725. The van der Waals surface area contributed by atoms with Crippen LogP contribution in [0, 0.1) is 0 Å². The third-order valence-electron chi connectivity index (χ3n) is 11.3. The molecule has 348 valence electrons. The lowest BCUT2D eigenvalue weighted by Crippen LogP contribution is -2.28. The minimum atomic E-state index is -0.777. The molecule has 0 aliphatic rings. The largest absolute Gasteiger partial charge is 0.462 e. The molecule has 0 saturated carbocycles. The highest BCUT2D eigenvalue weighted by molar-refractivity contribution is 5.70. The summed E-state index contributed by atoms with van der Waals surface area (Å²) < 4.78 is 10.6. The van der Waals surface area contributed by atoms with Gasteiger partial charge in [-0.2, -0.15) is 0 Å². The number of carbonyl (C=O) groups is 2. The summed E-state index contributed by atoms with van der Waals surface area (Å²) in [5.41, 5.74) is 0. The van der Waals surface area contributed by atoms with Crippen molar-refractivity contribution in [3.8, 4) is 0 Å². The lowest BCUT2D eigenvalue weighted by molar-refractivity contribution is -0.161. The topological polar surface area (TPSA) is 72.8 Å². The summed E-state index contributed by atoms with van der Waals surface area (Å²) in [6.07, 6.45) is 67.6. The van der Waals surface area contributed by atoms with Gasteiger partial charge in [0.05, 0.1) is 6.61 Å². The van der Waals surface area contributed by atoms with Crippen LogP contribution in [0.3, 0.4) is 0 Å². The maximum Gasteiger partial charge on any atom is 0.306 e. The summed E-state index contributed by atoms with van der Waals surface area (Å²) in [6.45, 7) is 4.06. The van der Waals surface area contributed by atoms with Gasteiger partial charge in [0.25, 0.3) is 0 Å². The molecule has 0 aromatic rings. The van der Waals surface area contributed by atoms with Gasteiger partial charge in [-0.1, -0.05) is 229 Å². The Morgan fingerprint density at radius 2 is 0.700 bits per heavy atom. The second-order valence-electron chi connectivity index (χ2n) is 17.2. The first-order chi connectivity index (χ1) is 29.6. The monoisotopic (exact) mass is 839 g/mol. The molecule has 0 rings (SSSR count). The number of carbonyl (C=O) groups excluding carboxylic acids is 2. The molecule has 0 spiro atoms. The third kappa shape index (κ3) is 48.3. The Morgan fingerprint density at radius 1 is 0.383 bits per heavy atom. The molecule has 0 aliphatic carbocycles. The van der Waals surface area contributed by atoms with Gasteiger partial charge in [-0.25, -0.2) is 0 Å². The van der Waals surface area contributed by atoms with Gasteiger partial charge in [-0.3, -0.25) is 9.59 Å². The van der Waals surface area contributed by atoms with Crippen LogP contribution >= 0.6 is 0 Å². The average molecular weight is 839 g/mol. The number of unbranched alkanes of at least 4 members (excludes halogenated alkanes) is 29. The molecular weight excluding hydrogens is 741 g/mol. The third-order valence-corrected chi connectivity index (χ3v) is 11.3. The van der Waals surface area contributed by atoms with Crippen LogP contribution in [-0.4, -0.2) is 36.4 Å². The maximum atomic E-state index is 12.3. The highest BCUT2D eigenvalue weighted by atomic mass is 16.6. The zero-order valence-electron chi connectivity index (χ0n) is 39.7. The van der Waals surface area contributed by atoms with Gasteiger partial charge in [0.2, 0.25) is 0 Å². The van der Waals surface area contributed by atoms with Crippen molar-refractivity contribution >= 4 is 11.9 Å². The summed E-state index contributed by atoms with van der Waals surface area (Å²) in [5.74, 6) is -0.602. The Hall–Kier alpha value is -2.40. The predicted octanol–water partition coefficient (Wildman–Crippen LogP) is 17.1. The molecular formula is C55H98O5. The summed E-state index contributed by atoms with van der Waals surface area (Å²) in [5, 5.41) is 9.60. The molecule has 0 heterocycles. The average Bonchev–Trinajstić information content (AvgIpc) is 3.25. The first kappa shape index (κ1) is 57.6. The lowest BCUT2D eigenvalue weighted by Gasteiger charge is -2.15. The zero-order chi connectivity index (χ0) is 43.5. The van der Waals surface area contributed by atoms with Crippen LogP contribution in [0.4, 0.5) is 0 Å². The second kappa shape index (κ2) is 51.0. The standard InChI is InChI=1S/C55H98O5/c1-3-5-7-9-11-13-15-17-18-19-20-21-22-23-24-25-26-27-28-29-30-31-32-33-34-35-36-38-40-42-44-46-48-50-55(58)60-53(51-56)52-59-54(57)49-47-45-43-41-39-37-16-14-12-10-8-6-4-2/h8,10,14-17,19-20,22-23,53,56H,3-7,9,11-13,18,21,24-52H2,1-2H3/b10-8-,16-14-,17-15-,20-19-,23-22-. The number of esters is 2. The fourth-order valence-corrected chi connectivity index (χ4v) is 7.37. The molecule has 60 heavy (non-hydrogen) atoms. The molecule has 1 unspecified atom stereocenters. The molecule has 0 saturated heterocycles. The van der Waals surface area contributed by atoms with Gasteiger partial charge < -0.3 is 14.6 Å². The first-order valence-electron chi connectivity index (χ1n) is 25.8. The Labute approximate surface area is 372 Å². The van der Waals surface area contributed by atoms with Crippen LogP contribution in [0.5, 0.6) is 0 Å². The molecule has 5 heteroatoms. The Bertz CT molecular complexity index is 1040. The van der Waals surface area contributed by atoms with E-state index in [1.807, 2.05) is 0 Å². The van der Waals surface area contributed by atoms with E-state index < -0.39 is 6.10 Å². The van der Waals surface area contributed by atoms with Crippen molar-refractivity contribution in [3.63, 3.8) is 0 Å². The predicted molar refractivity (Wildman–Crippen MR) is 260 cm³/mol. The van der Waals surface area contributed by atoms with E-state index in [0.717, 1.165) is 70.6 Å². The fourth-order valence-electron chi connectivity index (χ4n) is 7.37. The van der Waals surface area contributed by atoms with Gasteiger partial charge >= 0.3 is 11.9 Å². The molecule has 5 nitrogen and oxygen atoms in total. The number of allylic oxidation sites excluding steroid dienone is 10. The molecule has 0 fully saturated rings. The molecule has 0 radical (unpaired) electrons. The molecule has 0 bridgehead atoms. The van der Waals surface area contributed by atoms with Crippen molar-refractivity contribution in [1.82, 2.24) is 0 Å². The Morgan fingerprint density at radius 3 is 1.07 bits per heavy atom. The van der Waals surface area contributed by atoms with Gasteiger partial charge in [-0.05, 0) is 77.0 Å².